The highest BCUT2D eigenvalue weighted by molar-refractivity contribution is 8.01. The number of thiazole rings is 1. The third-order valence-electron chi connectivity index (χ3n) is 5.21. The number of anilines is 1. The van der Waals surface area contributed by atoms with Crippen molar-refractivity contribution < 1.29 is 9.53 Å². The van der Waals surface area contributed by atoms with E-state index >= 15 is 0 Å². The molecule has 3 heterocycles. The molecule has 1 amide bonds. The second-order valence-electron chi connectivity index (χ2n) is 7.08. The van der Waals surface area contributed by atoms with Crippen molar-refractivity contribution >= 4 is 45.0 Å². The molecule has 1 saturated heterocycles. The highest BCUT2D eigenvalue weighted by Gasteiger charge is 2.24. The Morgan fingerprint density at radius 3 is 3.00 bits per heavy atom. The first-order valence-corrected chi connectivity index (χ1v) is 11.4. The second kappa shape index (κ2) is 8.57. The highest BCUT2D eigenvalue weighted by Crippen LogP contribution is 2.31. The number of ether oxygens (including phenoxy) is 1. The van der Waals surface area contributed by atoms with Crippen LogP contribution in [0.4, 0.5) is 5.82 Å². The normalized spacial score (nSPS) is 16.2. The van der Waals surface area contributed by atoms with Gasteiger partial charge < -0.3 is 14.6 Å². The Morgan fingerprint density at radius 1 is 1.45 bits per heavy atom. The van der Waals surface area contributed by atoms with E-state index in [-0.39, 0.29) is 17.8 Å². The number of rotatable bonds is 6. The summed E-state index contributed by atoms with van der Waals surface area (Å²) < 4.78 is 9.75. The fraction of sp³-hybridized carbons (Fsp3) is 0.381. The average Bonchev–Trinajstić information content (AvgIpc) is 3.42. The van der Waals surface area contributed by atoms with Gasteiger partial charge in [-0.3, -0.25) is 4.79 Å². The lowest BCUT2D eigenvalue weighted by molar-refractivity contribution is -0.113. The van der Waals surface area contributed by atoms with Gasteiger partial charge in [0.1, 0.15) is 11.9 Å². The number of nitrogens with one attached hydrogen (secondary N) is 1. The maximum atomic E-state index is 12.7. The van der Waals surface area contributed by atoms with Crippen molar-refractivity contribution in [2.75, 3.05) is 17.7 Å². The van der Waals surface area contributed by atoms with Crippen LogP contribution in [-0.2, 0) is 16.1 Å². The van der Waals surface area contributed by atoms with Gasteiger partial charge in [-0.15, -0.1) is 11.3 Å². The molecule has 0 saturated carbocycles. The molecule has 8 heteroatoms. The van der Waals surface area contributed by atoms with E-state index in [4.69, 9.17) is 4.74 Å². The van der Waals surface area contributed by atoms with E-state index < -0.39 is 0 Å². The fourth-order valence-corrected chi connectivity index (χ4v) is 5.43. The molecular weight excluding hydrogens is 404 g/mol. The van der Waals surface area contributed by atoms with Crippen molar-refractivity contribution in [3.63, 3.8) is 0 Å². The minimum Gasteiger partial charge on any atom is -0.376 e. The van der Waals surface area contributed by atoms with Crippen LogP contribution in [0.2, 0.25) is 0 Å². The standard InChI is InChI=1S/C21H22N4O2S2/c1-13-14(2)25(11-15-6-5-9-27-15)20(16(13)10-22)24-19(26)12-28-21-23-17-7-3-4-8-18(17)29-21/h3-4,7-8,15H,5-6,9,11-12H2,1-2H3,(H,24,26)/t15-/m0/s1. The first kappa shape index (κ1) is 20.0. The van der Waals surface area contributed by atoms with Crippen LogP contribution in [0.5, 0.6) is 0 Å². The van der Waals surface area contributed by atoms with Crippen molar-refractivity contribution in [1.29, 1.82) is 5.26 Å². The van der Waals surface area contributed by atoms with Gasteiger partial charge in [0.15, 0.2) is 4.34 Å². The minimum atomic E-state index is -0.142. The molecule has 1 fully saturated rings. The summed E-state index contributed by atoms with van der Waals surface area (Å²) in [5, 5.41) is 12.6. The Hall–Kier alpha value is -2.34. The summed E-state index contributed by atoms with van der Waals surface area (Å²) in [6, 6.07) is 10.2. The number of amides is 1. The van der Waals surface area contributed by atoms with E-state index in [0.29, 0.717) is 17.9 Å². The largest absolute Gasteiger partial charge is 0.376 e. The lowest BCUT2D eigenvalue weighted by atomic mass is 10.2. The molecule has 29 heavy (non-hydrogen) atoms. The van der Waals surface area contributed by atoms with E-state index in [0.717, 1.165) is 45.3 Å². The van der Waals surface area contributed by atoms with Gasteiger partial charge in [0.2, 0.25) is 5.91 Å². The number of thioether (sulfide) groups is 1. The molecule has 150 valence electrons. The van der Waals surface area contributed by atoms with Gasteiger partial charge in [-0.05, 0) is 44.4 Å². The fourth-order valence-electron chi connectivity index (χ4n) is 3.56. The number of carbonyl (C=O) groups is 1. The minimum absolute atomic E-state index is 0.125. The van der Waals surface area contributed by atoms with Crippen LogP contribution in [0.1, 0.15) is 29.7 Å². The lowest BCUT2D eigenvalue weighted by Crippen LogP contribution is -2.22. The molecule has 0 aliphatic carbocycles. The number of benzene rings is 1. The Kier molecular flexibility index (Phi) is 5.90. The third kappa shape index (κ3) is 4.17. The quantitative estimate of drug-likeness (QED) is 0.587. The number of nitrogens with zero attached hydrogens (tertiary/aromatic N) is 3. The third-order valence-corrected chi connectivity index (χ3v) is 7.39. The molecule has 3 aromatic rings. The summed E-state index contributed by atoms with van der Waals surface area (Å²) in [6.07, 6.45) is 2.18. The molecule has 2 aromatic heterocycles. The zero-order valence-electron chi connectivity index (χ0n) is 16.4. The Bertz CT molecular complexity index is 1060. The summed E-state index contributed by atoms with van der Waals surface area (Å²) in [5.41, 5.74) is 3.37. The van der Waals surface area contributed by atoms with E-state index in [1.165, 1.54) is 11.8 Å². The van der Waals surface area contributed by atoms with Crippen molar-refractivity contribution in [1.82, 2.24) is 9.55 Å². The van der Waals surface area contributed by atoms with Crippen molar-refractivity contribution in [2.45, 2.75) is 43.7 Å². The van der Waals surface area contributed by atoms with Crippen molar-refractivity contribution in [3.8, 4) is 6.07 Å². The number of para-hydroxylation sites is 1. The Balaban J connectivity index is 1.49. The summed E-state index contributed by atoms with van der Waals surface area (Å²) in [6.45, 7) is 5.33. The molecule has 1 aliphatic heterocycles. The van der Waals surface area contributed by atoms with Crippen LogP contribution >= 0.6 is 23.1 Å². The predicted octanol–water partition coefficient (Wildman–Crippen LogP) is 4.50. The summed E-state index contributed by atoms with van der Waals surface area (Å²) in [7, 11) is 0. The van der Waals surface area contributed by atoms with Gasteiger partial charge >= 0.3 is 0 Å². The molecule has 6 nitrogen and oxygen atoms in total. The molecule has 1 aromatic carbocycles. The summed E-state index contributed by atoms with van der Waals surface area (Å²) in [4.78, 5) is 17.2. The molecular formula is C21H22N4O2S2. The van der Waals surface area contributed by atoms with E-state index in [1.807, 2.05) is 42.7 Å². The van der Waals surface area contributed by atoms with Crippen LogP contribution in [0, 0.1) is 25.2 Å². The van der Waals surface area contributed by atoms with Crippen molar-refractivity contribution in [2.24, 2.45) is 0 Å². The predicted molar refractivity (Wildman–Crippen MR) is 117 cm³/mol. The van der Waals surface area contributed by atoms with Gasteiger partial charge in [-0.25, -0.2) is 4.98 Å². The smallest absolute Gasteiger partial charge is 0.235 e. The highest BCUT2D eigenvalue weighted by atomic mass is 32.2. The van der Waals surface area contributed by atoms with E-state index in [1.54, 1.807) is 11.3 Å². The molecule has 0 radical (unpaired) electrons. The van der Waals surface area contributed by atoms with Gasteiger partial charge in [-0.2, -0.15) is 5.26 Å². The van der Waals surface area contributed by atoms with Crippen LogP contribution in [0.15, 0.2) is 28.6 Å². The van der Waals surface area contributed by atoms with Gasteiger partial charge in [0.25, 0.3) is 0 Å². The number of hydrogen-bond acceptors (Lipinski definition) is 6. The topological polar surface area (TPSA) is 79.9 Å². The molecule has 0 spiro atoms. The van der Waals surface area contributed by atoms with Crippen LogP contribution in [0.25, 0.3) is 10.2 Å². The number of aromatic nitrogens is 2. The summed E-state index contributed by atoms with van der Waals surface area (Å²) in [5.74, 6) is 0.679. The number of carbonyl (C=O) groups excluding carboxylic acids is 1. The number of hydrogen-bond donors (Lipinski definition) is 1. The van der Waals surface area contributed by atoms with E-state index in [9.17, 15) is 10.1 Å². The van der Waals surface area contributed by atoms with Crippen LogP contribution in [0.3, 0.4) is 0 Å². The van der Waals surface area contributed by atoms with Crippen LogP contribution < -0.4 is 5.32 Å². The average molecular weight is 427 g/mol. The number of fused-ring (bicyclic) bond motifs is 1. The first-order chi connectivity index (χ1) is 14.1. The molecule has 4 rings (SSSR count). The van der Waals surface area contributed by atoms with Gasteiger partial charge in [0.05, 0.1) is 34.2 Å². The Labute approximate surface area is 177 Å². The lowest BCUT2D eigenvalue weighted by Gasteiger charge is -2.16. The maximum absolute atomic E-state index is 12.7. The maximum Gasteiger partial charge on any atom is 0.235 e. The van der Waals surface area contributed by atoms with Crippen LogP contribution in [-0.4, -0.2) is 33.9 Å². The monoisotopic (exact) mass is 426 g/mol. The summed E-state index contributed by atoms with van der Waals surface area (Å²) >= 11 is 3.00. The molecule has 1 aliphatic rings. The Morgan fingerprint density at radius 2 is 2.28 bits per heavy atom. The number of nitriles is 1. The van der Waals surface area contributed by atoms with E-state index in [2.05, 4.69) is 16.4 Å². The van der Waals surface area contributed by atoms with Crippen molar-refractivity contribution in [3.05, 3.63) is 41.1 Å². The zero-order chi connectivity index (χ0) is 20.4. The molecule has 0 bridgehead atoms. The zero-order valence-corrected chi connectivity index (χ0v) is 18.0. The molecule has 1 N–H and O–H groups in total. The molecule has 0 unspecified atom stereocenters. The first-order valence-electron chi connectivity index (χ1n) is 9.56. The molecule has 1 atom stereocenters. The SMILES string of the molecule is Cc1c(C#N)c(NC(=O)CSc2nc3ccccc3s2)n(C[C@@H]2CCCO2)c1C. The van der Waals surface area contributed by atoms with Gasteiger partial charge in [0, 0.05) is 12.3 Å². The second-order valence-corrected chi connectivity index (χ2v) is 9.33. The van der Waals surface area contributed by atoms with Gasteiger partial charge in [-0.1, -0.05) is 23.9 Å².